The van der Waals surface area contributed by atoms with Gasteiger partial charge in [-0.3, -0.25) is 0 Å². The predicted molar refractivity (Wildman–Crippen MR) is 86.5 cm³/mol. The first kappa shape index (κ1) is 15.1. The molecule has 0 radical (unpaired) electrons. The number of benzene rings is 1. The van der Waals surface area contributed by atoms with Crippen molar-refractivity contribution in [2.24, 2.45) is 11.8 Å². The topological polar surface area (TPSA) is 12.0 Å². The Bertz CT molecular complexity index is 352. The highest BCUT2D eigenvalue weighted by Gasteiger charge is 2.22. The van der Waals surface area contributed by atoms with Crippen molar-refractivity contribution in [1.29, 1.82) is 0 Å². The van der Waals surface area contributed by atoms with Crippen LogP contribution in [0.2, 0.25) is 0 Å². The van der Waals surface area contributed by atoms with Crippen LogP contribution in [0.5, 0.6) is 0 Å². The SMILES string of the molecule is CNCC(Cc1ccc(Br)cc1)C1CCCCCC1. The van der Waals surface area contributed by atoms with Crippen LogP contribution in [0.4, 0.5) is 0 Å². The van der Waals surface area contributed by atoms with Gasteiger partial charge in [0.25, 0.3) is 0 Å². The minimum Gasteiger partial charge on any atom is -0.319 e. The van der Waals surface area contributed by atoms with Crippen LogP contribution in [0.3, 0.4) is 0 Å². The fraction of sp³-hybridized carbons (Fsp3) is 0.647. The number of hydrogen-bond acceptors (Lipinski definition) is 1. The summed E-state index contributed by atoms with van der Waals surface area (Å²) in [5.41, 5.74) is 1.48. The Morgan fingerprint density at radius 1 is 1.11 bits per heavy atom. The van der Waals surface area contributed by atoms with Crippen molar-refractivity contribution in [3.8, 4) is 0 Å². The molecule has 0 bridgehead atoms. The van der Waals surface area contributed by atoms with E-state index in [4.69, 9.17) is 0 Å². The molecule has 19 heavy (non-hydrogen) atoms. The van der Waals surface area contributed by atoms with Gasteiger partial charge in [-0.15, -0.1) is 0 Å². The van der Waals surface area contributed by atoms with Crippen molar-refractivity contribution in [2.45, 2.75) is 44.9 Å². The minimum absolute atomic E-state index is 0.796. The van der Waals surface area contributed by atoms with Crippen LogP contribution in [0.1, 0.15) is 44.1 Å². The molecule has 0 heterocycles. The van der Waals surface area contributed by atoms with Crippen LogP contribution in [0, 0.1) is 11.8 Å². The fourth-order valence-electron chi connectivity index (χ4n) is 3.37. The Balaban J connectivity index is 1.99. The zero-order valence-corrected chi connectivity index (χ0v) is 13.6. The first-order valence-electron chi connectivity index (χ1n) is 7.68. The molecule has 0 aliphatic heterocycles. The van der Waals surface area contributed by atoms with Crippen LogP contribution in [-0.4, -0.2) is 13.6 Å². The van der Waals surface area contributed by atoms with Crippen molar-refractivity contribution in [2.75, 3.05) is 13.6 Å². The first-order valence-corrected chi connectivity index (χ1v) is 8.48. The van der Waals surface area contributed by atoms with Gasteiger partial charge < -0.3 is 5.32 Å². The minimum atomic E-state index is 0.796. The molecule has 1 aliphatic carbocycles. The van der Waals surface area contributed by atoms with Gasteiger partial charge in [0, 0.05) is 4.47 Å². The summed E-state index contributed by atoms with van der Waals surface area (Å²) in [5, 5.41) is 3.41. The summed E-state index contributed by atoms with van der Waals surface area (Å²) >= 11 is 3.52. The monoisotopic (exact) mass is 323 g/mol. The van der Waals surface area contributed by atoms with Gasteiger partial charge in [-0.2, -0.15) is 0 Å². The summed E-state index contributed by atoms with van der Waals surface area (Å²) < 4.78 is 1.18. The summed E-state index contributed by atoms with van der Waals surface area (Å²) in [6.45, 7) is 1.15. The fourth-order valence-corrected chi connectivity index (χ4v) is 3.64. The van der Waals surface area contributed by atoms with Crippen molar-refractivity contribution in [3.05, 3.63) is 34.3 Å². The van der Waals surface area contributed by atoms with Crippen LogP contribution in [0.25, 0.3) is 0 Å². The van der Waals surface area contributed by atoms with Gasteiger partial charge in [0.05, 0.1) is 0 Å². The number of halogens is 1. The Labute approximate surface area is 126 Å². The summed E-state index contributed by atoms with van der Waals surface area (Å²) in [6.07, 6.45) is 9.85. The maximum absolute atomic E-state index is 3.52. The third-order valence-corrected chi connectivity index (χ3v) is 4.97. The highest BCUT2D eigenvalue weighted by atomic mass is 79.9. The summed E-state index contributed by atoms with van der Waals surface area (Å²) in [4.78, 5) is 0. The van der Waals surface area contributed by atoms with Gasteiger partial charge in [0.1, 0.15) is 0 Å². The molecule has 0 amide bonds. The second-order valence-electron chi connectivity index (χ2n) is 5.90. The van der Waals surface area contributed by atoms with E-state index in [-0.39, 0.29) is 0 Å². The molecule has 1 saturated carbocycles. The van der Waals surface area contributed by atoms with E-state index in [0.717, 1.165) is 18.4 Å². The lowest BCUT2D eigenvalue weighted by atomic mass is 9.82. The largest absolute Gasteiger partial charge is 0.319 e. The van der Waals surface area contributed by atoms with Gasteiger partial charge in [-0.05, 0) is 49.5 Å². The summed E-state index contributed by atoms with van der Waals surface area (Å²) in [5.74, 6) is 1.71. The molecule has 1 aromatic carbocycles. The molecular formula is C17H26BrN. The summed E-state index contributed by atoms with van der Waals surface area (Å²) in [7, 11) is 2.09. The van der Waals surface area contributed by atoms with Crippen LogP contribution in [0.15, 0.2) is 28.7 Å². The van der Waals surface area contributed by atoms with E-state index in [2.05, 4.69) is 52.6 Å². The molecular weight excluding hydrogens is 298 g/mol. The predicted octanol–water partition coefficient (Wildman–Crippen LogP) is 4.80. The van der Waals surface area contributed by atoms with E-state index in [1.807, 2.05) is 0 Å². The van der Waals surface area contributed by atoms with Crippen molar-refractivity contribution < 1.29 is 0 Å². The van der Waals surface area contributed by atoms with E-state index in [1.54, 1.807) is 0 Å². The quantitative estimate of drug-likeness (QED) is 0.767. The number of hydrogen-bond donors (Lipinski definition) is 1. The molecule has 1 unspecified atom stereocenters. The van der Waals surface area contributed by atoms with E-state index < -0.39 is 0 Å². The first-order chi connectivity index (χ1) is 9.29. The molecule has 0 spiro atoms. The van der Waals surface area contributed by atoms with Crippen molar-refractivity contribution >= 4 is 15.9 Å². The maximum Gasteiger partial charge on any atom is 0.0175 e. The molecule has 1 nitrogen and oxygen atoms in total. The molecule has 1 N–H and O–H groups in total. The molecule has 1 aromatic rings. The molecule has 1 fully saturated rings. The second kappa shape index (κ2) is 8.06. The van der Waals surface area contributed by atoms with Gasteiger partial charge in [0.2, 0.25) is 0 Å². The second-order valence-corrected chi connectivity index (χ2v) is 6.82. The molecule has 0 aromatic heterocycles. The number of rotatable bonds is 5. The Kier molecular flexibility index (Phi) is 6.39. The lowest BCUT2D eigenvalue weighted by molar-refractivity contribution is 0.289. The molecule has 0 saturated heterocycles. The van der Waals surface area contributed by atoms with E-state index in [0.29, 0.717) is 0 Å². The average Bonchev–Trinajstić information content (AvgIpc) is 2.70. The normalized spacial score (nSPS) is 19.1. The lowest BCUT2D eigenvalue weighted by Crippen LogP contribution is -2.27. The Morgan fingerprint density at radius 2 is 1.74 bits per heavy atom. The zero-order chi connectivity index (χ0) is 13.5. The highest BCUT2D eigenvalue weighted by Crippen LogP contribution is 2.31. The van der Waals surface area contributed by atoms with Gasteiger partial charge in [0.15, 0.2) is 0 Å². The molecule has 2 heteroatoms. The van der Waals surface area contributed by atoms with E-state index in [1.165, 1.54) is 55.0 Å². The maximum atomic E-state index is 3.52. The Hall–Kier alpha value is -0.340. The molecule has 106 valence electrons. The average molecular weight is 324 g/mol. The Morgan fingerprint density at radius 3 is 2.32 bits per heavy atom. The van der Waals surface area contributed by atoms with E-state index >= 15 is 0 Å². The summed E-state index contributed by atoms with van der Waals surface area (Å²) in [6, 6.07) is 8.87. The standard InChI is InChI=1S/C17H26BrN/c1-19-13-16(15-6-4-2-3-5-7-15)12-14-8-10-17(18)11-9-14/h8-11,15-16,19H,2-7,12-13H2,1H3. The zero-order valence-electron chi connectivity index (χ0n) is 12.0. The van der Waals surface area contributed by atoms with E-state index in [9.17, 15) is 0 Å². The van der Waals surface area contributed by atoms with Crippen LogP contribution in [-0.2, 0) is 6.42 Å². The third kappa shape index (κ3) is 4.92. The molecule has 1 aliphatic rings. The highest BCUT2D eigenvalue weighted by molar-refractivity contribution is 9.10. The smallest absolute Gasteiger partial charge is 0.0175 e. The molecule has 2 rings (SSSR count). The van der Waals surface area contributed by atoms with Crippen LogP contribution >= 0.6 is 15.9 Å². The van der Waals surface area contributed by atoms with Crippen molar-refractivity contribution in [1.82, 2.24) is 5.32 Å². The number of nitrogens with one attached hydrogen (secondary N) is 1. The lowest BCUT2D eigenvalue weighted by Gasteiger charge is -2.26. The molecule has 1 atom stereocenters. The van der Waals surface area contributed by atoms with Gasteiger partial charge in [-0.25, -0.2) is 0 Å². The van der Waals surface area contributed by atoms with Crippen LogP contribution < -0.4 is 5.32 Å². The van der Waals surface area contributed by atoms with Gasteiger partial charge >= 0.3 is 0 Å². The third-order valence-electron chi connectivity index (χ3n) is 4.44. The van der Waals surface area contributed by atoms with Gasteiger partial charge in [-0.1, -0.05) is 66.6 Å². The van der Waals surface area contributed by atoms with Crippen molar-refractivity contribution in [3.63, 3.8) is 0 Å².